The molecule has 5 heteroatoms. The molecule has 8 aromatic carbocycles. The van der Waals surface area contributed by atoms with Crippen LogP contribution in [0.2, 0.25) is 0 Å². The van der Waals surface area contributed by atoms with Crippen LogP contribution < -0.4 is 0 Å². The highest BCUT2D eigenvalue weighted by Crippen LogP contribution is 2.42. The Morgan fingerprint density at radius 3 is 1.74 bits per heavy atom. The largest absolute Gasteiger partial charge is 0.309 e. The second kappa shape index (κ2) is 10.8. The van der Waals surface area contributed by atoms with Gasteiger partial charge in [0, 0.05) is 52.7 Å². The minimum absolute atomic E-state index is 0.822. The van der Waals surface area contributed by atoms with Crippen LogP contribution in [-0.2, 0) is 0 Å². The monoisotopic (exact) mass is 692 g/mol. The van der Waals surface area contributed by atoms with E-state index >= 15 is 0 Å². The lowest BCUT2D eigenvalue weighted by molar-refractivity contribution is 1.08. The summed E-state index contributed by atoms with van der Waals surface area (Å²) in [6, 6.07) is 61.2. The topological polar surface area (TPSA) is 35.6 Å². The summed E-state index contributed by atoms with van der Waals surface area (Å²) in [5, 5.41) is 9.76. The van der Waals surface area contributed by atoms with Crippen LogP contribution in [0.15, 0.2) is 170 Å². The summed E-state index contributed by atoms with van der Waals surface area (Å²) in [5.74, 6) is 0.822. The van der Waals surface area contributed by atoms with Crippen LogP contribution in [0.5, 0.6) is 0 Å². The predicted octanol–water partition coefficient (Wildman–Crippen LogP) is 13.0. The van der Waals surface area contributed by atoms with Gasteiger partial charge >= 0.3 is 0 Å². The summed E-state index contributed by atoms with van der Waals surface area (Å²) < 4.78 is 7.33. The van der Waals surface area contributed by atoms with Gasteiger partial charge in [0.1, 0.15) is 5.69 Å². The predicted molar refractivity (Wildman–Crippen MR) is 224 cm³/mol. The van der Waals surface area contributed by atoms with E-state index in [9.17, 15) is 0 Å². The van der Waals surface area contributed by atoms with Gasteiger partial charge in [0.2, 0.25) is 0 Å². The third-order valence-corrected chi connectivity index (χ3v) is 12.0. The fourth-order valence-electron chi connectivity index (χ4n) is 8.54. The van der Waals surface area contributed by atoms with Gasteiger partial charge in [0.15, 0.2) is 5.82 Å². The molecule has 12 rings (SSSR count). The lowest BCUT2D eigenvalue weighted by atomic mass is 10.0. The van der Waals surface area contributed by atoms with Gasteiger partial charge in [0.25, 0.3) is 0 Å². The van der Waals surface area contributed by atoms with E-state index < -0.39 is 0 Å². The van der Waals surface area contributed by atoms with Crippen molar-refractivity contribution in [1.82, 2.24) is 19.1 Å². The zero-order chi connectivity index (χ0) is 34.6. The van der Waals surface area contributed by atoms with Crippen LogP contribution in [-0.4, -0.2) is 19.1 Å². The van der Waals surface area contributed by atoms with Crippen LogP contribution >= 0.6 is 11.3 Å². The molecule has 0 spiro atoms. The van der Waals surface area contributed by atoms with Crippen LogP contribution in [0, 0.1) is 0 Å². The van der Waals surface area contributed by atoms with Gasteiger partial charge in [-0.15, -0.1) is 11.3 Å². The van der Waals surface area contributed by atoms with Crippen molar-refractivity contribution in [1.29, 1.82) is 0 Å². The summed E-state index contributed by atoms with van der Waals surface area (Å²) >= 11 is 1.83. The molecule has 12 aromatic rings. The first-order chi connectivity index (χ1) is 26.3. The van der Waals surface area contributed by atoms with E-state index in [1.54, 1.807) is 0 Å². The normalized spacial score (nSPS) is 12.2. The minimum Gasteiger partial charge on any atom is -0.309 e. The first-order valence-electron chi connectivity index (χ1n) is 17.9. The molecule has 0 N–H and O–H groups in total. The molecule has 0 aliphatic carbocycles. The van der Waals surface area contributed by atoms with Crippen LogP contribution in [0.25, 0.3) is 108 Å². The first kappa shape index (κ1) is 28.8. The van der Waals surface area contributed by atoms with Crippen molar-refractivity contribution >= 4 is 96.9 Å². The Hall–Kier alpha value is -6.82. The molecule has 0 fully saturated rings. The van der Waals surface area contributed by atoms with Crippen LogP contribution in [0.1, 0.15) is 0 Å². The molecule has 0 aliphatic rings. The molecule has 4 aromatic heterocycles. The van der Waals surface area contributed by atoms with Crippen molar-refractivity contribution in [2.75, 3.05) is 0 Å². The SMILES string of the molecule is c1cc(-n2c3ccccc3c3ccccc32)c2cc3c(cc2c1)c1ccccc1n3-c1nc2ccccc2nc1-c1ccc2sc3ccccc3c2c1. The molecule has 0 radical (unpaired) electrons. The highest BCUT2D eigenvalue weighted by molar-refractivity contribution is 7.25. The lowest BCUT2D eigenvalue weighted by Crippen LogP contribution is -2.04. The molecule has 4 heterocycles. The summed E-state index contributed by atoms with van der Waals surface area (Å²) in [6.45, 7) is 0. The Morgan fingerprint density at radius 1 is 0.377 bits per heavy atom. The fraction of sp³-hybridized carbons (Fsp3) is 0. The number of fused-ring (bicyclic) bond motifs is 11. The first-order valence-corrected chi connectivity index (χ1v) is 18.7. The lowest BCUT2D eigenvalue weighted by Gasteiger charge is -2.15. The zero-order valence-electron chi connectivity index (χ0n) is 28.4. The van der Waals surface area contributed by atoms with Crippen molar-refractivity contribution in [2.45, 2.75) is 0 Å². The standard InChI is InChI=1S/C48H28N4S/c1-7-19-40-31(13-1)32-14-2-8-20-41(32)51(40)43-22-11-12-29-26-36-33-15-3-9-21-42(33)52(44(36)28-35(29)43)48-47(49-38-17-5-6-18-39(38)50-48)30-24-25-46-37(27-30)34-16-4-10-23-45(34)53-46/h1-28H. The van der Waals surface area contributed by atoms with Gasteiger partial charge in [-0.05, 0) is 72.1 Å². The van der Waals surface area contributed by atoms with Crippen molar-refractivity contribution in [3.8, 4) is 22.8 Å². The second-order valence-electron chi connectivity index (χ2n) is 13.8. The summed E-state index contributed by atoms with van der Waals surface area (Å²) in [6.07, 6.45) is 0. The third-order valence-electron chi connectivity index (χ3n) is 10.9. The molecule has 0 saturated carbocycles. The molecule has 53 heavy (non-hydrogen) atoms. The van der Waals surface area contributed by atoms with Gasteiger partial charge in [-0.2, -0.15) is 0 Å². The van der Waals surface area contributed by atoms with E-state index in [0.717, 1.165) is 44.8 Å². The van der Waals surface area contributed by atoms with Gasteiger partial charge in [-0.3, -0.25) is 4.57 Å². The van der Waals surface area contributed by atoms with E-state index in [1.807, 2.05) is 23.5 Å². The van der Waals surface area contributed by atoms with E-state index in [1.165, 1.54) is 63.5 Å². The number of thiophene rings is 1. The molecule has 0 unspecified atom stereocenters. The van der Waals surface area contributed by atoms with Crippen molar-refractivity contribution in [2.24, 2.45) is 0 Å². The zero-order valence-corrected chi connectivity index (χ0v) is 29.2. The number of hydrogen-bond donors (Lipinski definition) is 0. The maximum atomic E-state index is 5.46. The van der Waals surface area contributed by atoms with E-state index in [4.69, 9.17) is 9.97 Å². The quantitative estimate of drug-likeness (QED) is 0.185. The molecule has 0 bridgehead atoms. The van der Waals surface area contributed by atoms with Gasteiger partial charge in [0.05, 0.1) is 38.8 Å². The fourth-order valence-corrected chi connectivity index (χ4v) is 9.63. The number of benzene rings is 8. The number of nitrogens with zero attached hydrogens (tertiary/aromatic N) is 4. The van der Waals surface area contributed by atoms with Gasteiger partial charge < -0.3 is 4.57 Å². The molecule has 0 aliphatic heterocycles. The Bertz CT molecular complexity index is 3420. The second-order valence-corrected chi connectivity index (χ2v) is 14.9. The number of hydrogen-bond acceptors (Lipinski definition) is 3. The van der Waals surface area contributed by atoms with Crippen LogP contribution in [0.4, 0.5) is 0 Å². The summed E-state index contributed by atoms with van der Waals surface area (Å²) in [5.41, 5.74) is 9.39. The Labute approximate surface area is 307 Å². The molecular weight excluding hydrogens is 665 g/mol. The van der Waals surface area contributed by atoms with Crippen LogP contribution in [0.3, 0.4) is 0 Å². The minimum atomic E-state index is 0.822. The molecule has 4 nitrogen and oxygen atoms in total. The van der Waals surface area contributed by atoms with Crippen molar-refractivity contribution in [3.63, 3.8) is 0 Å². The van der Waals surface area contributed by atoms with Gasteiger partial charge in [-0.25, -0.2) is 9.97 Å². The maximum Gasteiger partial charge on any atom is 0.165 e. The third kappa shape index (κ3) is 4.11. The Morgan fingerprint density at radius 2 is 0.981 bits per heavy atom. The average molecular weight is 693 g/mol. The van der Waals surface area contributed by atoms with Crippen molar-refractivity contribution in [3.05, 3.63) is 170 Å². The van der Waals surface area contributed by atoms with E-state index in [-0.39, 0.29) is 0 Å². The molecule has 0 saturated heterocycles. The van der Waals surface area contributed by atoms with Crippen molar-refractivity contribution < 1.29 is 0 Å². The highest BCUT2D eigenvalue weighted by Gasteiger charge is 2.22. The molecule has 0 atom stereocenters. The number of para-hydroxylation sites is 5. The van der Waals surface area contributed by atoms with E-state index in [0.29, 0.717) is 0 Å². The Balaban J connectivity index is 1.20. The molecular formula is C48H28N4S. The highest BCUT2D eigenvalue weighted by atomic mass is 32.1. The summed E-state index contributed by atoms with van der Waals surface area (Å²) in [7, 11) is 0. The van der Waals surface area contributed by atoms with Gasteiger partial charge in [-0.1, -0.05) is 103 Å². The maximum absolute atomic E-state index is 5.46. The van der Waals surface area contributed by atoms with E-state index in [2.05, 4.69) is 167 Å². The Kier molecular flexibility index (Phi) is 5.90. The summed E-state index contributed by atoms with van der Waals surface area (Å²) in [4.78, 5) is 10.8. The molecule has 0 amide bonds. The average Bonchev–Trinajstić information content (AvgIpc) is 3.86. The smallest absolute Gasteiger partial charge is 0.165 e. The molecule has 246 valence electrons. The number of rotatable bonds is 3. The number of aromatic nitrogens is 4.